The highest BCUT2D eigenvalue weighted by Gasteiger charge is 2.32. The van der Waals surface area contributed by atoms with Crippen molar-refractivity contribution in [3.05, 3.63) is 47.5 Å². The summed E-state index contributed by atoms with van der Waals surface area (Å²) in [5, 5.41) is 12.8. The molecule has 2 heterocycles. The maximum absolute atomic E-state index is 12.5. The lowest BCUT2D eigenvalue weighted by molar-refractivity contribution is 0.0843. The topological polar surface area (TPSA) is 114 Å². The number of amides is 1. The molecule has 4 rings (SSSR count). The van der Waals surface area contributed by atoms with Gasteiger partial charge in [0, 0.05) is 24.2 Å². The zero-order chi connectivity index (χ0) is 22.2. The Morgan fingerprint density at radius 2 is 2.03 bits per heavy atom. The molecule has 0 aromatic heterocycles. The number of hydrogen-bond acceptors (Lipinski definition) is 7. The lowest BCUT2D eigenvalue weighted by Gasteiger charge is -2.22. The van der Waals surface area contributed by atoms with E-state index < -0.39 is 16.1 Å². The highest BCUT2D eigenvalue weighted by molar-refractivity contribution is 7.92. The van der Waals surface area contributed by atoms with Crippen molar-refractivity contribution in [3.8, 4) is 17.2 Å². The summed E-state index contributed by atoms with van der Waals surface area (Å²) in [6.45, 7) is 2.00. The van der Waals surface area contributed by atoms with E-state index in [1.54, 1.807) is 36.4 Å². The molecule has 2 aromatic carbocycles. The number of nitrogens with one attached hydrogen (secondary N) is 1. The van der Waals surface area contributed by atoms with Crippen molar-refractivity contribution in [1.82, 2.24) is 5.32 Å². The number of carbonyl (C=O) groups excluding carboxylic acids is 1. The number of carbonyl (C=O) groups is 1. The molecule has 10 heteroatoms. The van der Waals surface area contributed by atoms with Gasteiger partial charge in [-0.25, -0.2) is 8.42 Å². The van der Waals surface area contributed by atoms with Gasteiger partial charge in [0.05, 0.1) is 11.9 Å². The van der Waals surface area contributed by atoms with E-state index in [1.807, 2.05) is 6.92 Å². The Bertz CT molecular complexity index is 1100. The first-order valence-electron chi connectivity index (χ1n) is 9.83. The predicted molar refractivity (Wildman–Crippen MR) is 113 cm³/mol. The van der Waals surface area contributed by atoms with Crippen molar-refractivity contribution in [2.24, 2.45) is 0 Å². The first-order valence-corrected chi connectivity index (χ1v) is 11.7. The van der Waals surface area contributed by atoms with E-state index >= 15 is 0 Å². The Morgan fingerprint density at radius 1 is 1.26 bits per heavy atom. The molecule has 0 saturated heterocycles. The molecule has 0 fully saturated rings. The first kappa shape index (κ1) is 21.3. The van der Waals surface area contributed by atoms with Crippen LogP contribution >= 0.6 is 0 Å². The van der Waals surface area contributed by atoms with Gasteiger partial charge in [0.2, 0.25) is 16.8 Å². The largest absolute Gasteiger partial charge is 0.491 e. The van der Waals surface area contributed by atoms with E-state index in [2.05, 4.69) is 5.32 Å². The van der Waals surface area contributed by atoms with E-state index in [0.29, 0.717) is 34.9 Å². The maximum atomic E-state index is 12.5. The molecule has 31 heavy (non-hydrogen) atoms. The molecule has 2 aromatic rings. The summed E-state index contributed by atoms with van der Waals surface area (Å²) in [6, 6.07) is 9.85. The number of anilines is 1. The quantitative estimate of drug-likeness (QED) is 0.656. The van der Waals surface area contributed by atoms with Crippen LogP contribution in [0.15, 0.2) is 36.4 Å². The number of aliphatic hydroxyl groups excluding tert-OH is 1. The van der Waals surface area contributed by atoms with Crippen molar-refractivity contribution < 1.29 is 32.5 Å². The molecule has 2 atom stereocenters. The van der Waals surface area contributed by atoms with Gasteiger partial charge in [-0.05, 0) is 49.2 Å². The molecule has 0 saturated carbocycles. The molecule has 2 aliphatic rings. The van der Waals surface area contributed by atoms with Crippen LogP contribution < -0.4 is 23.8 Å². The van der Waals surface area contributed by atoms with Crippen molar-refractivity contribution in [2.45, 2.75) is 25.5 Å². The number of ether oxygens (including phenoxy) is 3. The number of fused-ring (bicyclic) bond motifs is 2. The minimum absolute atomic E-state index is 0.00629. The number of benzene rings is 2. The summed E-state index contributed by atoms with van der Waals surface area (Å²) in [6.07, 6.45) is 0.798. The van der Waals surface area contributed by atoms with Gasteiger partial charge in [-0.15, -0.1) is 0 Å². The van der Waals surface area contributed by atoms with E-state index in [-0.39, 0.29) is 31.9 Å². The summed E-state index contributed by atoms with van der Waals surface area (Å²) in [5.41, 5.74) is 1.81. The van der Waals surface area contributed by atoms with E-state index in [9.17, 15) is 18.3 Å². The van der Waals surface area contributed by atoms with Gasteiger partial charge in [-0.1, -0.05) is 0 Å². The molecular formula is C21H24N2O7S. The highest BCUT2D eigenvalue weighted by Crippen LogP contribution is 2.35. The SMILES string of the molecule is CC1Cc2cc(C(=O)NCC(O)COc3ccc4c(c3)OCO4)ccc2N1S(C)(=O)=O. The third-order valence-electron chi connectivity index (χ3n) is 5.14. The fourth-order valence-corrected chi connectivity index (χ4v) is 5.04. The molecule has 0 radical (unpaired) electrons. The van der Waals surface area contributed by atoms with E-state index in [0.717, 1.165) is 5.56 Å². The van der Waals surface area contributed by atoms with Crippen LogP contribution in [0.2, 0.25) is 0 Å². The van der Waals surface area contributed by atoms with Gasteiger partial charge >= 0.3 is 0 Å². The second kappa shape index (κ2) is 8.27. The minimum atomic E-state index is -3.38. The van der Waals surface area contributed by atoms with Gasteiger partial charge < -0.3 is 24.6 Å². The zero-order valence-electron chi connectivity index (χ0n) is 17.2. The van der Waals surface area contributed by atoms with Gasteiger partial charge in [-0.2, -0.15) is 0 Å². The third kappa shape index (κ3) is 4.54. The van der Waals surface area contributed by atoms with Crippen LogP contribution in [-0.4, -0.2) is 57.8 Å². The number of nitrogens with zero attached hydrogens (tertiary/aromatic N) is 1. The number of aliphatic hydroxyl groups is 1. The number of hydrogen-bond donors (Lipinski definition) is 2. The fraction of sp³-hybridized carbons (Fsp3) is 0.381. The second-order valence-corrected chi connectivity index (χ2v) is 9.50. The molecule has 0 aliphatic carbocycles. The van der Waals surface area contributed by atoms with Gasteiger partial charge in [-0.3, -0.25) is 9.10 Å². The lowest BCUT2D eigenvalue weighted by Crippen LogP contribution is -2.35. The molecule has 166 valence electrons. The lowest BCUT2D eigenvalue weighted by atomic mass is 10.1. The number of sulfonamides is 1. The predicted octanol–water partition coefficient (Wildman–Crippen LogP) is 1.30. The van der Waals surface area contributed by atoms with Crippen LogP contribution in [0.1, 0.15) is 22.8 Å². The average molecular weight is 448 g/mol. The van der Waals surface area contributed by atoms with Crippen LogP contribution in [0.25, 0.3) is 0 Å². The Labute approximate surface area is 180 Å². The Hall–Kier alpha value is -2.98. The van der Waals surface area contributed by atoms with Crippen LogP contribution in [0.3, 0.4) is 0 Å². The molecule has 9 nitrogen and oxygen atoms in total. The Balaban J connectivity index is 1.31. The number of rotatable bonds is 7. The molecule has 1 amide bonds. The highest BCUT2D eigenvalue weighted by atomic mass is 32.2. The van der Waals surface area contributed by atoms with Crippen molar-refractivity contribution in [2.75, 3.05) is 30.5 Å². The summed E-state index contributed by atoms with van der Waals surface area (Å²) in [7, 11) is -3.38. The first-order chi connectivity index (χ1) is 14.7. The zero-order valence-corrected chi connectivity index (χ0v) is 18.0. The standard InChI is InChI=1S/C21H24N2O7S/c1-13-7-15-8-14(3-5-18(15)23(13)31(2,26)27)21(25)22-10-16(24)11-28-17-4-6-19-20(9-17)30-12-29-19/h3-6,8-9,13,16,24H,7,10-12H2,1-2H3,(H,22,25). The normalized spacial score (nSPS) is 17.9. The second-order valence-electron chi connectivity index (χ2n) is 7.65. The summed E-state index contributed by atoms with van der Waals surface area (Å²) in [4.78, 5) is 12.5. The smallest absolute Gasteiger partial charge is 0.251 e. The van der Waals surface area contributed by atoms with Crippen molar-refractivity contribution in [1.29, 1.82) is 0 Å². The van der Waals surface area contributed by atoms with E-state index in [1.165, 1.54) is 10.6 Å². The fourth-order valence-electron chi connectivity index (χ4n) is 3.78. The van der Waals surface area contributed by atoms with Crippen molar-refractivity contribution >= 4 is 21.6 Å². The Kier molecular flexibility index (Phi) is 5.67. The monoisotopic (exact) mass is 448 g/mol. The third-order valence-corrected chi connectivity index (χ3v) is 6.41. The summed E-state index contributed by atoms with van der Waals surface area (Å²) >= 11 is 0. The van der Waals surface area contributed by atoms with Crippen molar-refractivity contribution in [3.63, 3.8) is 0 Å². The average Bonchev–Trinajstić information content (AvgIpc) is 3.31. The molecule has 2 N–H and O–H groups in total. The molecule has 0 spiro atoms. The molecular weight excluding hydrogens is 424 g/mol. The minimum Gasteiger partial charge on any atom is -0.491 e. The van der Waals surface area contributed by atoms with Gasteiger partial charge in [0.15, 0.2) is 11.5 Å². The molecule has 2 unspecified atom stereocenters. The molecule has 0 bridgehead atoms. The van der Waals surface area contributed by atoms with E-state index in [4.69, 9.17) is 14.2 Å². The van der Waals surface area contributed by atoms with Crippen LogP contribution in [0.4, 0.5) is 5.69 Å². The summed E-state index contributed by atoms with van der Waals surface area (Å²) < 4.78 is 41.5. The maximum Gasteiger partial charge on any atom is 0.251 e. The summed E-state index contributed by atoms with van der Waals surface area (Å²) in [5.74, 6) is 1.40. The van der Waals surface area contributed by atoms with Gasteiger partial charge in [0.1, 0.15) is 18.5 Å². The Morgan fingerprint density at radius 3 is 2.81 bits per heavy atom. The van der Waals surface area contributed by atoms with Crippen LogP contribution in [0.5, 0.6) is 17.2 Å². The molecule has 2 aliphatic heterocycles. The van der Waals surface area contributed by atoms with Crippen LogP contribution in [0, 0.1) is 0 Å². The van der Waals surface area contributed by atoms with Gasteiger partial charge in [0.25, 0.3) is 5.91 Å². The van der Waals surface area contributed by atoms with Crippen LogP contribution in [-0.2, 0) is 16.4 Å².